The van der Waals surface area contributed by atoms with Gasteiger partial charge in [-0.05, 0) is 81.9 Å². The number of fused-ring (bicyclic) bond motifs is 1. The molecule has 1 aromatic carbocycles. The molecule has 9 heteroatoms. The number of imide groups is 2. The molecule has 0 saturated carbocycles. The van der Waals surface area contributed by atoms with Crippen LogP contribution in [0.15, 0.2) is 35.9 Å². The molecule has 2 aromatic heterocycles. The molecule has 0 unspecified atom stereocenters. The smallest absolute Gasteiger partial charge is 0.322 e. The third-order valence-corrected chi connectivity index (χ3v) is 7.88. The van der Waals surface area contributed by atoms with Crippen LogP contribution in [0.2, 0.25) is 0 Å². The first-order chi connectivity index (χ1) is 17.2. The average molecular weight is 503 g/mol. The van der Waals surface area contributed by atoms with Gasteiger partial charge in [0.05, 0.1) is 5.56 Å². The first-order valence-electron chi connectivity index (χ1n) is 11.8. The Bertz CT molecular complexity index is 1440. The number of anilines is 1. The van der Waals surface area contributed by atoms with Gasteiger partial charge in [0.25, 0.3) is 17.7 Å². The molecule has 0 atom stereocenters. The van der Waals surface area contributed by atoms with Crippen molar-refractivity contribution in [2.75, 3.05) is 5.32 Å². The molecule has 36 heavy (non-hydrogen) atoms. The third-order valence-electron chi connectivity index (χ3n) is 6.61. The van der Waals surface area contributed by atoms with Crippen LogP contribution >= 0.6 is 11.3 Å². The van der Waals surface area contributed by atoms with Gasteiger partial charge in [0, 0.05) is 22.0 Å². The van der Waals surface area contributed by atoms with Crippen LogP contribution < -0.4 is 16.0 Å². The van der Waals surface area contributed by atoms with Crippen LogP contribution in [-0.2, 0) is 22.4 Å². The monoisotopic (exact) mass is 502 g/mol. The van der Waals surface area contributed by atoms with Gasteiger partial charge in [-0.25, -0.2) is 4.79 Å². The molecule has 2 aliphatic rings. The highest BCUT2D eigenvalue weighted by Crippen LogP contribution is 2.39. The lowest BCUT2D eigenvalue weighted by Crippen LogP contribution is -2.51. The predicted octanol–water partition coefficient (Wildman–Crippen LogP) is 4.34. The molecule has 5 amide bonds. The molecule has 0 spiro atoms. The van der Waals surface area contributed by atoms with E-state index < -0.39 is 17.8 Å². The van der Waals surface area contributed by atoms with Crippen molar-refractivity contribution in [2.24, 2.45) is 0 Å². The number of thiophene rings is 1. The quantitative estimate of drug-likeness (QED) is 0.364. The van der Waals surface area contributed by atoms with Gasteiger partial charge in [-0.1, -0.05) is 17.7 Å². The Morgan fingerprint density at radius 1 is 1.00 bits per heavy atom. The van der Waals surface area contributed by atoms with Crippen LogP contribution in [0.5, 0.6) is 0 Å². The standard InChI is InChI=1S/C27H26N4O4S/c1-14-8-10-18(11-9-14)28-25(34)22-19-6-4-5-7-21(19)36-26(22)31-15(2)12-17(16(31)3)13-20-23(32)29-27(35)30-24(20)33/h8-13H,4-7H2,1-3H3,(H,28,34)(H2,29,30,32,33,35). The van der Waals surface area contributed by atoms with Crippen LogP contribution in [0.4, 0.5) is 10.5 Å². The number of carbonyl (C=O) groups is 4. The summed E-state index contributed by atoms with van der Waals surface area (Å²) < 4.78 is 2.02. The van der Waals surface area contributed by atoms with Crippen LogP contribution in [0.3, 0.4) is 0 Å². The SMILES string of the molecule is Cc1ccc(NC(=O)c2c(-n3c(C)cc(C=C4C(=O)NC(=O)NC4=O)c3C)sc3c2CCCC3)cc1. The molecule has 184 valence electrons. The topological polar surface area (TPSA) is 109 Å². The summed E-state index contributed by atoms with van der Waals surface area (Å²) in [5.41, 5.74) is 5.82. The lowest BCUT2D eigenvalue weighted by Gasteiger charge is -2.15. The van der Waals surface area contributed by atoms with Crippen LogP contribution in [-0.4, -0.2) is 28.3 Å². The van der Waals surface area contributed by atoms with Crippen molar-refractivity contribution in [3.8, 4) is 5.00 Å². The number of carbonyl (C=O) groups excluding carboxylic acids is 4. The fraction of sp³-hybridized carbons (Fsp3) is 0.259. The van der Waals surface area contributed by atoms with E-state index in [9.17, 15) is 19.2 Å². The molecule has 5 rings (SSSR count). The number of hydrogen-bond donors (Lipinski definition) is 3. The highest BCUT2D eigenvalue weighted by molar-refractivity contribution is 7.15. The molecule has 0 bridgehead atoms. The zero-order valence-electron chi connectivity index (χ0n) is 20.3. The lowest BCUT2D eigenvalue weighted by atomic mass is 9.95. The van der Waals surface area contributed by atoms with Crippen molar-refractivity contribution in [2.45, 2.75) is 46.5 Å². The number of hydrogen-bond acceptors (Lipinski definition) is 5. The molecular formula is C27H26N4O4S. The summed E-state index contributed by atoms with van der Waals surface area (Å²) in [6, 6.07) is 8.76. The Morgan fingerprint density at radius 2 is 1.67 bits per heavy atom. The summed E-state index contributed by atoms with van der Waals surface area (Å²) in [5.74, 6) is -1.62. The minimum absolute atomic E-state index is 0.141. The number of nitrogens with zero attached hydrogens (tertiary/aromatic N) is 1. The van der Waals surface area contributed by atoms with E-state index in [0.717, 1.165) is 58.9 Å². The summed E-state index contributed by atoms with van der Waals surface area (Å²) in [5, 5.41) is 8.10. The number of urea groups is 1. The number of amides is 5. The Labute approximate surface area is 212 Å². The Hall–Kier alpha value is -3.98. The van der Waals surface area contributed by atoms with Crippen molar-refractivity contribution in [3.05, 3.63) is 74.4 Å². The number of benzene rings is 1. The van der Waals surface area contributed by atoms with Crippen molar-refractivity contribution < 1.29 is 19.2 Å². The fourth-order valence-electron chi connectivity index (χ4n) is 4.78. The maximum Gasteiger partial charge on any atom is 0.328 e. The summed E-state index contributed by atoms with van der Waals surface area (Å²) in [6.07, 6.45) is 5.41. The fourth-order valence-corrected chi connectivity index (χ4v) is 6.28. The predicted molar refractivity (Wildman–Crippen MR) is 139 cm³/mol. The molecule has 3 N–H and O–H groups in total. The number of aryl methyl sites for hydroxylation is 3. The van der Waals surface area contributed by atoms with Gasteiger partial charge in [0.1, 0.15) is 10.6 Å². The molecule has 1 aliphatic heterocycles. The van der Waals surface area contributed by atoms with Crippen LogP contribution in [0.25, 0.3) is 11.1 Å². The van der Waals surface area contributed by atoms with Gasteiger partial charge in [-0.3, -0.25) is 25.0 Å². The second-order valence-corrected chi connectivity index (χ2v) is 10.3. The van der Waals surface area contributed by atoms with Gasteiger partial charge >= 0.3 is 6.03 Å². The summed E-state index contributed by atoms with van der Waals surface area (Å²) in [4.78, 5) is 50.7. The molecule has 1 fully saturated rings. The normalized spacial score (nSPS) is 15.3. The van der Waals surface area contributed by atoms with Gasteiger partial charge < -0.3 is 9.88 Å². The molecule has 1 saturated heterocycles. The first kappa shape index (κ1) is 23.7. The Balaban J connectivity index is 1.59. The van der Waals surface area contributed by atoms with E-state index in [0.29, 0.717) is 11.1 Å². The third kappa shape index (κ3) is 4.26. The van der Waals surface area contributed by atoms with Gasteiger partial charge in [0.15, 0.2) is 0 Å². The van der Waals surface area contributed by atoms with E-state index >= 15 is 0 Å². The highest BCUT2D eigenvalue weighted by atomic mass is 32.1. The molecule has 3 aromatic rings. The zero-order chi connectivity index (χ0) is 25.6. The number of barbiturate groups is 1. The van der Waals surface area contributed by atoms with Crippen molar-refractivity contribution >= 4 is 46.9 Å². The first-order valence-corrected chi connectivity index (χ1v) is 12.6. The molecular weight excluding hydrogens is 476 g/mol. The van der Waals surface area contributed by atoms with Crippen molar-refractivity contribution in [1.29, 1.82) is 0 Å². The van der Waals surface area contributed by atoms with E-state index in [1.165, 1.54) is 11.0 Å². The number of nitrogens with one attached hydrogen (secondary N) is 3. The van der Waals surface area contributed by atoms with Gasteiger partial charge in [0.2, 0.25) is 0 Å². The maximum absolute atomic E-state index is 13.6. The van der Waals surface area contributed by atoms with E-state index in [4.69, 9.17) is 0 Å². The zero-order valence-corrected chi connectivity index (χ0v) is 21.1. The largest absolute Gasteiger partial charge is 0.328 e. The van der Waals surface area contributed by atoms with Gasteiger partial charge in [-0.15, -0.1) is 11.3 Å². The average Bonchev–Trinajstić information content (AvgIpc) is 3.33. The highest BCUT2D eigenvalue weighted by Gasteiger charge is 2.30. The summed E-state index contributed by atoms with van der Waals surface area (Å²) in [7, 11) is 0. The Kier molecular flexibility index (Phi) is 6.09. The maximum atomic E-state index is 13.6. The van der Waals surface area contributed by atoms with E-state index in [2.05, 4.69) is 16.0 Å². The summed E-state index contributed by atoms with van der Waals surface area (Å²) >= 11 is 1.62. The van der Waals surface area contributed by atoms with Crippen molar-refractivity contribution in [3.63, 3.8) is 0 Å². The molecule has 3 heterocycles. The lowest BCUT2D eigenvalue weighted by molar-refractivity contribution is -0.123. The van der Waals surface area contributed by atoms with Gasteiger partial charge in [-0.2, -0.15) is 0 Å². The Morgan fingerprint density at radius 3 is 2.36 bits per heavy atom. The number of rotatable bonds is 4. The van der Waals surface area contributed by atoms with E-state index in [1.54, 1.807) is 11.3 Å². The molecule has 1 aliphatic carbocycles. The van der Waals surface area contributed by atoms with E-state index in [-0.39, 0.29) is 11.5 Å². The van der Waals surface area contributed by atoms with E-state index in [1.807, 2.05) is 55.7 Å². The van der Waals surface area contributed by atoms with Crippen molar-refractivity contribution in [1.82, 2.24) is 15.2 Å². The molecule has 0 radical (unpaired) electrons. The number of aromatic nitrogens is 1. The second kappa shape index (κ2) is 9.23. The minimum Gasteiger partial charge on any atom is -0.322 e. The molecule has 8 nitrogen and oxygen atoms in total. The van der Waals surface area contributed by atoms with Crippen LogP contribution in [0, 0.1) is 20.8 Å². The van der Waals surface area contributed by atoms with Crippen LogP contribution in [0.1, 0.15) is 56.2 Å². The summed E-state index contributed by atoms with van der Waals surface area (Å²) in [6.45, 7) is 5.82. The second-order valence-electron chi connectivity index (χ2n) is 9.17. The minimum atomic E-state index is -0.832.